The van der Waals surface area contributed by atoms with E-state index in [1.165, 1.54) is 0 Å². The van der Waals surface area contributed by atoms with E-state index >= 15 is 0 Å². The molecule has 5 nitrogen and oxygen atoms in total. The molecule has 0 amide bonds. The summed E-state index contributed by atoms with van der Waals surface area (Å²) in [5.41, 5.74) is 1.07. The van der Waals surface area contributed by atoms with E-state index in [0.717, 1.165) is 22.1 Å². The molecule has 1 N–H and O–H groups in total. The van der Waals surface area contributed by atoms with Crippen LogP contribution in [0.2, 0.25) is 0 Å². The number of ether oxygens (including phenoxy) is 1. The summed E-state index contributed by atoms with van der Waals surface area (Å²) in [7, 11) is 0. The lowest BCUT2D eigenvalue weighted by atomic mass is 10.2. The molecule has 0 spiro atoms. The zero-order valence-electron chi connectivity index (χ0n) is 10.6. The Labute approximate surface area is 115 Å². The molecule has 1 heterocycles. The molecule has 6 heteroatoms. The number of nitrogens with one attached hydrogen (secondary N) is 1. The average Bonchev–Trinajstić information content (AvgIpc) is 2.91. The van der Waals surface area contributed by atoms with Crippen LogP contribution in [0.4, 0.5) is 5.13 Å². The van der Waals surface area contributed by atoms with Gasteiger partial charge in [-0.1, -0.05) is 30.4 Å². The number of nitrogens with zero attached hydrogens (tertiary/aromatic N) is 3. The van der Waals surface area contributed by atoms with E-state index in [0.29, 0.717) is 12.3 Å². The fourth-order valence-electron chi connectivity index (χ4n) is 1.51. The number of hydrogen-bond acceptors (Lipinski definition) is 6. The van der Waals surface area contributed by atoms with Gasteiger partial charge in [0, 0.05) is 6.54 Å². The van der Waals surface area contributed by atoms with Crippen LogP contribution in [0, 0.1) is 11.3 Å². The van der Waals surface area contributed by atoms with Gasteiger partial charge in [-0.3, -0.25) is 0 Å². The fraction of sp³-hybridized carbons (Fsp3) is 0.308. The van der Waals surface area contributed by atoms with Crippen molar-refractivity contribution in [1.82, 2.24) is 10.2 Å². The van der Waals surface area contributed by atoms with Gasteiger partial charge >= 0.3 is 0 Å². The summed E-state index contributed by atoms with van der Waals surface area (Å²) in [4.78, 5) is 0. The predicted octanol–water partition coefficient (Wildman–Crippen LogP) is 2.61. The van der Waals surface area contributed by atoms with Crippen molar-refractivity contribution < 1.29 is 4.74 Å². The zero-order chi connectivity index (χ0) is 13.5. The van der Waals surface area contributed by atoms with Crippen LogP contribution >= 0.6 is 11.3 Å². The van der Waals surface area contributed by atoms with Gasteiger partial charge in [0.15, 0.2) is 6.61 Å². The van der Waals surface area contributed by atoms with Crippen LogP contribution in [0.3, 0.4) is 0 Å². The van der Waals surface area contributed by atoms with E-state index in [1.54, 1.807) is 11.3 Å². The number of aryl methyl sites for hydroxylation is 1. The van der Waals surface area contributed by atoms with Gasteiger partial charge in [0.25, 0.3) is 0 Å². The minimum atomic E-state index is 0.0626. The topological polar surface area (TPSA) is 70.8 Å². The van der Waals surface area contributed by atoms with Crippen molar-refractivity contribution in [3.63, 3.8) is 0 Å². The van der Waals surface area contributed by atoms with Gasteiger partial charge in [0.05, 0.1) is 0 Å². The third-order valence-corrected chi connectivity index (χ3v) is 3.44. The fourth-order valence-corrected chi connectivity index (χ4v) is 2.18. The van der Waals surface area contributed by atoms with E-state index in [4.69, 9.17) is 10.00 Å². The molecule has 0 saturated heterocycles. The highest BCUT2D eigenvalue weighted by atomic mass is 32.1. The molecule has 0 fully saturated rings. The summed E-state index contributed by atoms with van der Waals surface area (Å²) in [5.74, 6) is 0.701. The number of anilines is 1. The van der Waals surface area contributed by atoms with Crippen molar-refractivity contribution >= 4 is 16.5 Å². The number of benzene rings is 1. The zero-order valence-corrected chi connectivity index (χ0v) is 11.4. The van der Waals surface area contributed by atoms with E-state index < -0.39 is 0 Å². The van der Waals surface area contributed by atoms with Crippen molar-refractivity contribution in [2.75, 3.05) is 11.9 Å². The summed E-state index contributed by atoms with van der Waals surface area (Å²) in [5, 5.41) is 21.6. The van der Waals surface area contributed by atoms with E-state index in [9.17, 15) is 0 Å². The van der Waals surface area contributed by atoms with Gasteiger partial charge in [-0.05, 0) is 24.1 Å². The smallest absolute Gasteiger partial charge is 0.205 e. The maximum atomic E-state index is 8.47. The van der Waals surface area contributed by atoms with E-state index in [1.807, 2.05) is 30.3 Å². The minimum absolute atomic E-state index is 0.0626. The largest absolute Gasteiger partial charge is 0.479 e. The molecular formula is C13H14N4OS. The normalized spacial score (nSPS) is 9.89. The highest BCUT2D eigenvalue weighted by Crippen LogP contribution is 2.18. The first kappa shape index (κ1) is 13.3. The van der Waals surface area contributed by atoms with Crippen LogP contribution in [0.5, 0.6) is 5.75 Å². The number of aromatic nitrogens is 2. The van der Waals surface area contributed by atoms with Crippen LogP contribution < -0.4 is 10.1 Å². The van der Waals surface area contributed by atoms with Crippen molar-refractivity contribution in [3.05, 3.63) is 34.8 Å². The maximum absolute atomic E-state index is 8.47. The Hall–Kier alpha value is -2.13. The highest BCUT2D eigenvalue weighted by molar-refractivity contribution is 7.15. The Balaban J connectivity index is 1.93. The molecule has 1 aromatic carbocycles. The lowest BCUT2D eigenvalue weighted by molar-refractivity contribution is 0.368. The third-order valence-electron chi connectivity index (χ3n) is 2.41. The molecule has 2 rings (SSSR count). The molecule has 0 atom stereocenters. The van der Waals surface area contributed by atoms with Crippen molar-refractivity contribution in [2.24, 2.45) is 0 Å². The molecule has 0 aliphatic rings. The Bertz CT molecular complexity index is 576. The second-order valence-corrected chi connectivity index (χ2v) is 4.86. The monoisotopic (exact) mass is 274 g/mol. The van der Waals surface area contributed by atoms with Crippen LogP contribution in [0.1, 0.15) is 17.5 Å². The van der Waals surface area contributed by atoms with Crippen LogP contribution in [0.15, 0.2) is 24.3 Å². The average molecular weight is 274 g/mol. The first-order chi connectivity index (χ1) is 9.31. The summed E-state index contributed by atoms with van der Waals surface area (Å²) in [6, 6.07) is 9.59. The number of rotatable bonds is 6. The SMILES string of the molecule is CCc1nnc(NCc2cccc(OCC#N)c2)s1. The minimum Gasteiger partial charge on any atom is -0.479 e. The van der Waals surface area contributed by atoms with E-state index in [-0.39, 0.29) is 6.61 Å². The van der Waals surface area contributed by atoms with Gasteiger partial charge in [0.1, 0.15) is 16.8 Å². The Morgan fingerprint density at radius 3 is 3.05 bits per heavy atom. The molecule has 0 aliphatic heterocycles. The van der Waals surface area contributed by atoms with Crippen LogP contribution in [-0.4, -0.2) is 16.8 Å². The third kappa shape index (κ3) is 3.93. The molecule has 1 aromatic heterocycles. The van der Waals surface area contributed by atoms with Gasteiger partial charge in [-0.15, -0.1) is 10.2 Å². The highest BCUT2D eigenvalue weighted by Gasteiger charge is 2.02. The quantitative estimate of drug-likeness (QED) is 0.876. The molecule has 0 bridgehead atoms. The summed E-state index contributed by atoms with van der Waals surface area (Å²) >= 11 is 1.56. The van der Waals surface area contributed by atoms with Gasteiger partial charge in [-0.25, -0.2) is 0 Å². The number of hydrogen-bond donors (Lipinski definition) is 1. The standard InChI is InChI=1S/C13H14N4OS/c1-2-12-16-17-13(19-12)15-9-10-4-3-5-11(8-10)18-7-6-14/h3-5,8H,2,7,9H2,1H3,(H,15,17). The van der Waals surface area contributed by atoms with Gasteiger partial charge in [0.2, 0.25) is 5.13 Å². The summed E-state index contributed by atoms with van der Waals surface area (Å²) < 4.78 is 5.26. The van der Waals surface area contributed by atoms with Crippen molar-refractivity contribution in [1.29, 1.82) is 5.26 Å². The Kier molecular flexibility index (Phi) is 4.70. The van der Waals surface area contributed by atoms with Crippen molar-refractivity contribution in [3.8, 4) is 11.8 Å². The lowest BCUT2D eigenvalue weighted by Gasteiger charge is -2.05. The molecular weight excluding hydrogens is 260 g/mol. The maximum Gasteiger partial charge on any atom is 0.205 e. The van der Waals surface area contributed by atoms with Crippen molar-refractivity contribution in [2.45, 2.75) is 19.9 Å². The Morgan fingerprint density at radius 1 is 1.42 bits per heavy atom. The Morgan fingerprint density at radius 2 is 2.32 bits per heavy atom. The molecule has 2 aromatic rings. The molecule has 0 radical (unpaired) electrons. The lowest BCUT2D eigenvalue weighted by Crippen LogP contribution is -2.00. The molecule has 19 heavy (non-hydrogen) atoms. The predicted molar refractivity (Wildman–Crippen MR) is 74.2 cm³/mol. The molecule has 0 saturated carbocycles. The second kappa shape index (κ2) is 6.71. The summed E-state index contributed by atoms with van der Waals surface area (Å²) in [6.07, 6.45) is 0.900. The summed E-state index contributed by atoms with van der Waals surface area (Å²) in [6.45, 7) is 2.77. The molecule has 0 unspecified atom stereocenters. The van der Waals surface area contributed by atoms with Gasteiger partial charge in [-0.2, -0.15) is 5.26 Å². The first-order valence-electron chi connectivity index (χ1n) is 5.96. The molecule has 98 valence electrons. The number of nitriles is 1. The first-order valence-corrected chi connectivity index (χ1v) is 6.78. The van der Waals surface area contributed by atoms with Gasteiger partial charge < -0.3 is 10.1 Å². The van der Waals surface area contributed by atoms with Crippen LogP contribution in [0.25, 0.3) is 0 Å². The second-order valence-electron chi connectivity index (χ2n) is 3.80. The van der Waals surface area contributed by atoms with Crippen LogP contribution in [-0.2, 0) is 13.0 Å². The van der Waals surface area contributed by atoms with E-state index in [2.05, 4.69) is 22.4 Å². The molecule has 0 aliphatic carbocycles.